The van der Waals surface area contributed by atoms with Crippen molar-refractivity contribution in [2.24, 2.45) is 12.2 Å². The Kier molecular flexibility index (Phi) is 3.89. The number of anilines is 1. The van der Waals surface area contributed by atoms with Gasteiger partial charge in [-0.15, -0.1) is 0 Å². The second kappa shape index (κ2) is 4.81. The minimum atomic E-state index is -3.53. The van der Waals surface area contributed by atoms with Crippen LogP contribution in [0, 0.1) is 0 Å². The van der Waals surface area contributed by atoms with Gasteiger partial charge in [0.15, 0.2) is 0 Å². The van der Waals surface area contributed by atoms with E-state index >= 15 is 0 Å². The van der Waals surface area contributed by atoms with Crippen molar-refractivity contribution in [3.8, 4) is 0 Å². The Morgan fingerprint density at radius 3 is 2.81 bits per heavy atom. The molecule has 0 saturated carbocycles. The molecule has 0 atom stereocenters. The molecule has 0 fully saturated rings. The van der Waals surface area contributed by atoms with Crippen LogP contribution in [-0.2, 0) is 17.1 Å². The molecule has 0 aliphatic rings. The second-order valence-corrected chi connectivity index (χ2v) is 5.21. The van der Waals surface area contributed by atoms with E-state index < -0.39 is 15.6 Å². The molecule has 1 aromatic heterocycles. The van der Waals surface area contributed by atoms with Crippen LogP contribution < -0.4 is 16.0 Å². The molecule has 0 spiro atoms. The van der Waals surface area contributed by atoms with Crippen LogP contribution in [0.4, 0.5) is 5.69 Å². The van der Waals surface area contributed by atoms with Gasteiger partial charge in [-0.2, -0.15) is 5.10 Å². The summed E-state index contributed by atoms with van der Waals surface area (Å²) in [5.74, 6) is -0.251. The highest BCUT2D eigenvalue weighted by atomic mass is 35.5. The molecule has 9 heteroatoms. The molecule has 0 amide bonds. The van der Waals surface area contributed by atoms with Crippen molar-refractivity contribution >= 4 is 27.3 Å². The van der Waals surface area contributed by atoms with E-state index in [2.05, 4.69) is 10.4 Å². The summed E-state index contributed by atoms with van der Waals surface area (Å²) in [5, 5.41) is 11.2. The van der Waals surface area contributed by atoms with E-state index in [-0.39, 0.29) is 23.0 Å². The smallest absolute Gasteiger partial charge is 0.287 e. The van der Waals surface area contributed by atoms with Gasteiger partial charge in [0.2, 0.25) is 10.0 Å². The first-order valence-electron chi connectivity index (χ1n) is 4.27. The van der Waals surface area contributed by atoms with Crippen molar-refractivity contribution in [3.05, 3.63) is 21.6 Å². The normalized spacial score (nSPS) is 11.4. The Bertz CT molecular complexity index is 539. The van der Waals surface area contributed by atoms with E-state index in [0.29, 0.717) is 0 Å². The first-order valence-corrected chi connectivity index (χ1v) is 6.37. The Balaban J connectivity index is 2.76. The monoisotopic (exact) mass is 266 g/mol. The topological polar surface area (TPSA) is 107 Å². The van der Waals surface area contributed by atoms with Crippen molar-refractivity contribution < 1.29 is 8.42 Å². The minimum Gasteiger partial charge on any atom is -0.381 e. The van der Waals surface area contributed by atoms with Crippen LogP contribution in [0.25, 0.3) is 0 Å². The van der Waals surface area contributed by atoms with Gasteiger partial charge < -0.3 is 5.32 Å². The van der Waals surface area contributed by atoms with Crippen molar-refractivity contribution in [1.29, 1.82) is 0 Å². The average molecular weight is 267 g/mol. The summed E-state index contributed by atoms with van der Waals surface area (Å²) in [5.41, 5.74) is -0.171. The second-order valence-electron chi connectivity index (χ2n) is 3.09. The van der Waals surface area contributed by atoms with Crippen LogP contribution in [0.2, 0.25) is 5.02 Å². The van der Waals surface area contributed by atoms with Crippen LogP contribution in [0.3, 0.4) is 0 Å². The van der Waals surface area contributed by atoms with E-state index in [0.717, 1.165) is 4.68 Å². The Morgan fingerprint density at radius 1 is 1.62 bits per heavy atom. The van der Waals surface area contributed by atoms with E-state index in [4.69, 9.17) is 16.7 Å². The molecular formula is C7H11ClN4O3S. The first-order chi connectivity index (χ1) is 7.31. The number of hydrogen-bond acceptors (Lipinski definition) is 5. The molecule has 1 heterocycles. The molecule has 0 aromatic carbocycles. The van der Waals surface area contributed by atoms with Gasteiger partial charge >= 0.3 is 0 Å². The number of aromatic nitrogens is 2. The van der Waals surface area contributed by atoms with Gasteiger partial charge in [-0.05, 0) is 0 Å². The number of rotatable bonds is 4. The average Bonchev–Trinajstić information content (AvgIpc) is 2.16. The number of nitrogens with two attached hydrogens (primary N) is 1. The van der Waals surface area contributed by atoms with Gasteiger partial charge in [0.25, 0.3) is 5.56 Å². The zero-order valence-corrected chi connectivity index (χ0v) is 10.0. The Labute approximate surface area is 97.3 Å². The highest BCUT2D eigenvalue weighted by Crippen LogP contribution is 2.14. The molecular weight excluding hydrogens is 256 g/mol. The molecule has 1 rings (SSSR count). The van der Waals surface area contributed by atoms with Crippen molar-refractivity contribution in [2.45, 2.75) is 0 Å². The zero-order chi connectivity index (χ0) is 12.3. The van der Waals surface area contributed by atoms with Gasteiger partial charge in [-0.25, -0.2) is 18.2 Å². The van der Waals surface area contributed by atoms with E-state index in [1.165, 1.54) is 13.2 Å². The molecule has 0 radical (unpaired) electrons. The maximum atomic E-state index is 11.3. The molecule has 0 bridgehead atoms. The molecule has 0 aliphatic heterocycles. The molecule has 16 heavy (non-hydrogen) atoms. The SMILES string of the molecule is Cn1ncc(NCCS(N)(=O)=O)c(Cl)c1=O. The molecule has 90 valence electrons. The third kappa shape index (κ3) is 3.47. The highest BCUT2D eigenvalue weighted by molar-refractivity contribution is 7.89. The predicted octanol–water partition coefficient (Wildman–Crippen LogP) is -0.866. The maximum absolute atomic E-state index is 11.3. The minimum absolute atomic E-state index is 0.0353. The summed E-state index contributed by atoms with van der Waals surface area (Å²) in [6, 6.07) is 0. The molecule has 3 N–H and O–H groups in total. The number of halogens is 1. The summed E-state index contributed by atoms with van der Waals surface area (Å²) in [6.07, 6.45) is 1.34. The first kappa shape index (κ1) is 12.9. The van der Waals surface area contributed by atoms with Crippen LogP contribution in [0.15, 0.2) is 11.0 Å². The number of nitrogens with zero attached hydrogens (tertiary/aromatic N) is 2. The van der Waals surface area contributed by atoms with Gasteiger partial charge in [-0.1, -0.05) is 11.6 Å². The standard InChI is InChI=1S/C7H11ClN4O3S/c1-12-7(13)6(8)5(4-11-12)10-2-3-16(9,14)15/h4,10H,2-3H2,1H3,(H2,9,14,15). The number of hydrogen-bond donors (Lipinski definition) is 2. The van der Waals surface area contributed by atoms with E-state index in [9.17, 15) is 13.2 Å². The summed E-state index contributed by atoms with van der Waals surface area (Å²) in [6.45, 7) is 0.0629. The third-order valence-electron chi connectivity index (χ3n) is 1.78. The lowest BCUT2D eigenvalue weighted by atomic mass is 10.4. The molecule has 0 saturated heterocycles. The van der Waals surface area contributed by atoms with Crippen molar-refractivity contribution in [3.63, 3.8) is 0 Å². The van der Waals surface area contributed by atoms with Crippen LogP contribution in [0.1, 0.15) is 0 Å². The fourth-order valence-corrected chi connectivity index (χ4v) is 1.59. The Hall–Kier alpha value is -1.12. The fourth-order valence-electron chi connectivity index (χ4n) is 0.962. The van der Waals surface area contributed by atoms with Gasteiger partial charge in [0.05, 0.1) is 17.6 Å². The fraction of sp³-hybridized carbons (Fsp3) is 0.429. The highest BCUT2D eigenvalue weighted by Gasteiger charge is 2.08. The quantitative estimate of drug-likeness (QED) is 0.737. The van der Waals surface area contributed by atoms with Crippen LogP contribution >= 0.6 is 11.6 Å². The third-order valence-corrected chi connectivity index (χ3v) is 2.92. The summed E-state index contributed by atoms with van der Waals surface area (Å²) in [7, 11) is -2.07. The lowest BCUT2D eigenvalue weighted by molar-refractivity contribution is 0.598. The maximum Gasteiger partial charge on any atom is 0.287 e. The molecule has 0 unspecified atom stereocenters. The lowest BCUT2D eigenvalue weighted by Crippen LogP contribution is -2.25. The summed E-state index contributed by atoms with van der Waals surface area (Å²) >= 11 is 5.73. The summed E-state index contributed by atoms with van der Waals surface area (Å²) in [4.78, 5) is 11.3. The van der Waals surface area contributed by atoms with Crippen molar-refractivity contribution in [1.82, 2.24) is 9.78 Å². The number of nitrogens with one attached hydrogen (secondary N) is 1. The lowest BCUT2D eigenvalue weighted by Gasteiger charge is -2.07. The summed E-state index contributed by atoms with van der Waals surface area (Å²) < 4.78 is 22.4. The molecule has 7 nitrogen and oxygen atoms in total. The van der Waals surface area contributed by atoms with Gasteiger partial charge in [0.1, 0.15) is 5.02 Å². The number of aryl methyl sites for hydroxylation is 1. The number of sulfonamides is 1. The molecule has 1 aromatic rings. The molecule has 0 aliphatic carbocycles. The Morgan fingerprint density at radius 2 is 2.25 bits per heavy atom. The van der Waals surface area contributed by atoms with E-state index in [1.807, 2.05) is 0 Å². The van der Waals surface area contributed by atoms with Crippen LogP contribution in [-0.4, -0.2) is 30.5 Å². The van der Waals surface area contributed by atoms with Gasteiger partial charge in [0, 0.05) is 13.6 Å². The number of primary sulfonamides is 1. The zero-order valence-electron chi connectivity index (χ0n) is 8.47. The van der Waals surface area contributed by atoms with Crippen LogP contribution in [0.5, 0.6) is 0 Å². The van der Waals surface area contributed by atoms with Crippen molar-refractivity contribution in [2.75, 3.05) is 17.6 Å². The van der Waals surface area contributed by atoms with E-state index in [1.54, 1.807) is 0 Å². The largest absolute Gasteiger partial charge is 0.381 e. The predicted molar refractivity (Wildman–Crippen MR) is 61.0 cm³/mol. The van der Waals surface area contributed by atoms with Gasteiger partial charge in [-0.3, -0.25) is 4.79 Å².